The number of halogens is 3. The summed E-state index contributed by atoms with van der Waals surface area (Å²) in [5.41, 5.74) is 2.45. The third-order valence-electron chi connectivity index (χ3n) is 7.29. The Kier molecular flexibility index (Phi) is 12.1. The van der Waals surface area contributed by atoms with E-state index in [1.807, 2.05) is 51.1 Å². The molecule has 0 fully saturated rings. The second kappa shape index (κ2) is 15.8. The third kappa shape index (κ3) is 9.26. The smallest absolute Gasteiger partial charge is 0.264 e. The Bertz CT molecular complexity index is 1750. The molecule has 7 nitrogen and oxygen atoms in total. The first-order valence-electron chi connectivity index (χ1n) is 14.7. The van der Waals surface area contributed by atoms with Crippen LogP contribution in [0.25, 0.3) is 0 Å². The second-order valence-corrected chi connectivity index (χ2v) is 14.6. The maximum atomic E-state index is 14.5. The average Bonchev–Trinajstić information content (AvgIpc) is 3.03. The maximum Gasteiger partial charge on any atom is 0.264 e. The van der Waals surface area contributed by atoms with Crippen LogP contribution in [0.5, 0.6) is 0 Å². The fourth-order valence-corrected chi connectivity index (χ4v) is 6.78. The molecule has 4 aromatic rings. The molecule has 0 aliphatic heterocycles. The van der Waals surface area contributed by atoms with E-state index in [0.717, 1.165) is 15.4 Å². The van der Waals surface area contributed by atoms with Gasteiger partial charge in [0.2, 0.25) is 11.8 Å². The average molecular weight is 701 g/mol. The minimum absolute atomic E-state index is 0.0182. The van der Waals surface area contributed by atoms with Gasteiger partial charge in [0.1, 0.15) is 12.6 Å². The predicted octanol–water partition coefficient (Wildman–Crippen LogP) is 7.56. The van der Waals surface area contributed by atoms with Crippen LogP contribution in [0.3, 0.4) is 0 Å². The van der Waals surface area contributed by atoms with Gasteiger partial charge in [-0.2, -0.15) is 0 Å². The van der Waals surface area contributed by atoms with Crippen molar-refractivity contribution in [1.82, 2.24) is 10.2 Å². The summed E-state index contributed by atoms with van der Waals surface area (Å²) in [4.78, 5) is 29.8. The van der Waals surface area contributed by atoms with Crippen molar-refractivity contribution in [1.29, 1.82) is 0 Å². The number of hydrogen-bond donors (Lipinski definition) is 1. The van der Waals surface area contributed by atoms with E-state index >= 15 is 0 Å². The Hall–Kier alpha value is -3.56. The minimum atomic E-state index is -4.32. The van der Waals surface area contributed by atoms with Crippen LogP contribution in [-0.4, -0.2) is 44.3 Å². The molecule has 0 unspecified atom stereocenters. The molecule has 0 aliphatic carbocycles. The maximum absolute atomic E-state index is 14.5. The lowest BCUT2D eigenvalue weighted by atomic mass is 10.0. The number of amides is 2. The van der Waals surface area contributed by atoms with Crippen LogP contribution in [0.1, 0.15) is 30.5 Å². The quantitative estimate of drug-likeness (QED) is 0.156. The Morgan fingerprint density at radius 2 is 1.43 bits per heavy atom. The van der Waals surface area contributed by atoms with E-state index in [1.54, 1.807) is 36.4 Å². The number of aryl methyl sites for hydroxylation is 1. The lowest BCUT2D eigenvalue weighted by Crippen LogP contribution is -2.53. The first-order valence-corrected chi connectivity index (χ1v) is 17.3. The summed E-state index contributed by atoms with van der Waals surface area (Å²) >= 11 is 19.0. The molecule has 0 heterocycles. The topological polar surface area (TPSA) is 86.8 Å². The first-order chi connectivity index (χ1) is 21.8. The number of benzene rings is 4. The van der Waals surface area contributed by atoms with E-state index in [0.29, 0.717) is 17.1 Å². The van der Waals surface area contributed by atoms with E-state index in [4.69, 9.17) is 34.8 Å². The molecule has 4 rings (SSSR count). The zero-order valence-corrected chi connectivity index (χ0v) is 28.9. The van der Waals surface area contributed by atoms with Crippen LogP contribution in [0.15, 0.2) is 102 Å². The summed E-state index contributed by atoms with van der Waals surface area (Å²) < 4.78 is 29.3. The van der Waals surface area contributed by atoms with Gasteiger partial charge in [0, 0.05) is 29.6 Å². The lowest BCUT2D eigenvalue weighted by molar-refractivity contribution is -0.140. The lowest BCUT2D eigenvalue weighted by Gasteiger charge is -2.34. The Balaban J connectivity index is 1.82. The summed E-state index contributed by atoms with van der Waals surface area (Å²) in [5, 5.41) is 3.82. The standard InChI is InChI=1S/C35H36Cl3N3O4S/c1-24(2)21-39-35(43)33(19-26-7-5-4-6-8-26)40(22-27-11-13-28(36)14-12-27)34(42)23-41(32-20-29(37)15-18-31(32)38)46(44,45)30-16-9-25(3)10-17-30/h4-18,20,24,33H,19,21-23H2,1-3H3,(H,39,43)/t33-/m0/s1. The van der Waals surface area contributed by atoms with Crippen molar-refractivity contribution < 1.29 is 18.0 Å². The van der Waals surface area contributed by atoms with E-state index < -0.39 is 28.5 Å². The van der Waals surface area contributed by atoms with Gasteiger partial charge in [-0.15, -0.1) is 0 Å². The molecule has 0 aromatic heterocycles. The highest BCUT2D eigenvalue weighted by Crippen LogP contribution is 2.33. The van der Waals surface area contributed by atoms with E-state index in [9.17, 15) is 18.0 Å². The molecule has 11 heteroatoms. The van der Waals surface area contributed by atoms with Crippen LogP contribution in [0.4, 0.5) is 5.69 Å². The van der Waals surface area contributed by atoms with Crippen LogP contribution < -0.4 is 9.62 Å². The summed E-state index contributed by atoms with van der Waals surface area (Å²) in [7, 11) is -4.32. The molecule has 242 valence electrons. The second-order valence-electron chi connectivity index (χ2n) is 11.4. The molecule has 1 atom stereocenters. The fraction of sp³-hybridized carbons (Fsp3) is 0.257. The van der Waals surface area contributed by atoms with Crippen LogP contribution in [0.2, 0.25) is 15.1 Å². The SMILES string of the molecule is Cc1ccc(S(=O)(=O)N(CC(=O)N(Cc2ccc(Cl)cc2)[C@@H](Cc2ccccc2)C(=O)NCC(C)C)c2cc(Cl)ccc2Cl)cc1. The van der Waals surface area contributed by atoms with Crippen molar-refractivity contribution in [2.75, 3.05) is 17.4 Å². The third-order valence-corrected chi connectivity index (χ3v) is 9.87. The zero-order valence-electron chi connectivity index (χ0n) is 25.8. The number of sulfonamides is 1. The fourth-order valence-electron chi connectivity index (χ4n) is 4.79. The van der Waals surface area contributed by atoms with Crippen LogP contribution in [-0.2, 0) is 32.6 Å². The van der Waals surface area contributed by atoms with Crippen molar-refractivity contribution in [2.24, 2.45) is 5.92 Å². The van der Waals surface area contributed by atoms with Crippen molar-refractivity contribution in [3.8, 4) is 0 Å². The van der Waals surface area contributed by atoms with Gasteiger partial charge in [-0.1, -0.05) is 109 Å². The molecule has 0 spiro atoms. The molecule has 4 aromatic carbocycles. The van der Waals surface area contributed by atoms with Gasteiger partial charge < -0.3 is 10.2 Å². The molecule has 0 saturated carbocycles. The molecule has 2 amide bonds. The van der Waals surface area contributed by atoms with Crippen molar-refractivity contribution in [3.05, 3.63) is 129 Å². The van der Waals surface area contributed by atoms with Gasteiger partial charge in [0.25, 0.3) is 10.0 Å². The number of rotatable bonds is 13. The van der Waals surface area contributed by atoms with E-state index in [2.05, 4.69) is 5.32 Å². The largest absolute Gasteiger partial charge is 0.354 e. The van der Waals surface area contributed by atoms with Crippen molar-refractivity contribution >= 4 is 62.3 Å². The number of carbonyl (C=O) groups is 2. The van der Waals surface area contributed by atoms with Gasteiger partial charge >= 0.3 is 0 Å². The molecule has 1 N–H and O–H groups in total. The van der Waals surface area contributed by atoms with Crippen molar-refractivity contribution in [2.45, 2.75) is 44.7 Å². The number of anilines is 1. The van der Waals surface area contributed by atoms with Crippen molar-refractivity contribution in [3.63, 3.8) is 0 Å². The molecule has 0 saturated heterocycles. The summed E-state index contributed by atoms with van der Waals surface area (Å²) in [6.45, 7) is 5.57. The Labute approximate surface area is 286 Å². The predicted molar refractivity (Wildman–Crippen MR) is 186 cm³/mol. The highest BCUT2D eigenvalue weighted by Gasteiger charge is 2.35. The molecule has 0 bridgehead atoms. The number of hydrogen-bond acceptors (Lipinski definition) is 4. The van der Waals surface area contributed by atoms with E-state index in [-0.39, 0.29) is 45.4 Å². The molecular weight excluding hydrogens is 665 g/mol. The highest BCUT2D eigenvalue weighted by molar-refractivity contribution is 7.92. The number of nitrogens with one attached hydrogen (secondary N) is 1. The molecule has 46 heavy (non-hydrogen) atoms. The van der Waals surface area contributed by atoms with Crippen LogP contribution in [0, 0.1) is 12.8 Å². The van der Waals surface area contributed by atoms with Gasteiger partial charge in [-0.3, -0.25) is 13.9 Å². The Morgan fingerprint density at radius 3 is 2.07 bits per heavy atom. The number of nitrogens with zero attached hydrogens (tertiary/aromatic N) is 2. The molecular formula is C35H36Cl3N3O4S. The minimum Gasteiger partial charge on any atom is -0.354 e. The summed E-state index contributed by atoms with van der Waals surface area (Å²) in [6, 6.07) is 26.0. The van der Waals surface area contributed by atoms with E-state index in [1.165, 1.54) is 35.2 Å². The first kappa shape index (κ1) is 35.3. The zero-order chi connectivity index (χ0) is 33.4. The van der Waals surface area contributed by atoms with Gasteiger partial charge in [-0.05, 0) is 66.4 Å². The summed E-state index contributed by atoms with van der Waals surface area (Å²) in [6.07, 6.45) is 0.201. The highest BCUT2D eigenvalue weighted by atomic mass is 35.5. The normalized spacial score (nSPS) is 12.1. The van der Waals surface area contributed by atoms with Gasteiger partial charge in [0.15, 0.2) is 0 Å². The van der Waals surface area contributed by atoms with Crippen LogP contribution >= 0.6 is 34.8 Å². The van der Waals surface area contributed by atoms with Gasteiger partial charge in [-0.25, -0.2) is 8.42 Å². The summed E-state index contributed by atoms with van der Waals surface area (Å²) in [5.74, 6) is -0.794. The molecule has 0 aliphatic rings. The number of carbonyl (C=O) groups excluding carboxylic acids is 2. The van der Waals surface area contributed by atoms with Gasteiger partial charge in [0.05, 0.1) is 15.6 Å². The molecule has 0 radical (unpaired) electrons. The Morgan fingerprint density at radius 1 is 0.804 bits per heavy atom. The monoisotopic (exact) mass is 699 g/mol.